The van der Waals surface area contributed by atoms with Crippen LogP contribution in [0.2, 0.25) is 0 Å². The van der Waals surface area contributed by atoms with Crippen molar-refractivity contribution in [3.63, 3.8) is 0 Å². The van der Waals surface area contributed by atoms with Crippen molar-refractivity contribution in [3.05, 3.63) is 54.6 Å². The Morgan fingerprint density at radius 1 is 1.12 bits per heavy atom. The Bertz CT molecular complexity index is 764. The molecule has 1 saturated heterocycles. The van der Waals surface area contributed by atoms with E-state index in [1.54, 1.807) is 11.8 Å². The van der Waals surface area contributed by atoms with Gasteiger partial charge >= 0.3 is 6.03 Å². The topological polar surface area (TPSA) is 70.7 Å². The van der Waals surface area contributed by atoms with Gasteiger partial charge in [-0.05, 0) is 23.3 Å². The normalized spacial score (nSPS) is 16.8. The highest BCUT2D eigenvalue weighted by Gasteiger charge is 2.22. The molecular weight excluding hydrogens is 330 g/mol. The first kappa shape index (κ1) is 17.9. The van der Waals surface area contributed by atoms with Crippen LogP contribution in [0.5, 0.6) is 0 Å². The Balaban J connectivity index is 1.53. The van der Waals surface area contributed by atoms with E-state index in [0.29, 0.717) is 26.2 Å². The molecule has 26 heavy (non-hydrogen) atoms. The summed E-state index contributed by atoms with van der Waals surface area (Å²) >= 11 is 0. The lowest BCUT2D eigenvalue weighted by molar-refractivity contribution is -0.136. The van der Waals surface area contributed by atoms with E-state index >= 15 is 0 Å². The highest BCUT2D eigenvalue weighted by atomic mass is 16.5. The molecule has 1 aliphatic heterocycles. The number of nitrogens with one attached hydrogen (secondary N) is 2. The molecule has 0 spiro atoms. The molecule has 3 amide bonds. The molecule has 1 fully saturated rings. The molecule has 0 saturated carbocycles. The molecule has 0 unspecified atom stereocenters. The third-order valence-corrected chi connectivity index (χ3v) is 4.30. The van der Waals surface area contributed by atoms with Gasteiger partial charge in [0.2, 0.25) is 5.91 Å². The molecule has 0 bridgehead atoms. The smallest absolute Gasteiger partial charge is 0.319 e. The minimum atomic E-state index is -0.293. The second kappa shape index (κ2) is 8.49. The Hall–Kier alpha value is -2.86. The lowest BCUT2D eigenvalue weighted by Crippen LogP contribution is -2.49. The number of amides is 3. The van der Waals surface area contributed by atoms with E-state index in [1.807, 2.05) is 54.6 Å². The zero-order valence-corrected chi connectivity index (χ0v) is 14.8. The Morgan fingerprint density at radius 2 is 1.88 bits per heavy atom. The fraction of sp³-hybridized carbons (Fsp3) is 0.300. The number of morpholine rings is 1. The predicted molar refractivity (Wildman–Crippen MR) is 101 cm³/mol. The van der Waals surface area contributed by atoms with Gasteiger partial charge in [-0.3, -0.25) is 4.79 Å². The van der Waals surface area contributed by atoms with Gasteiger partial charge in [-0.2, -0.15) is 0 Å². The van der Waals surface area contributed by atoms with Gasteiger partial charge in [0, 0.05) is 32.2 Å². The fourth-order valence-electron chi connectivity index (χ4n) is 2.92. The standard InChI is InChI=1S/C20H23N3O3/c1-15(24)23-10-11-26-19(14-23)13-21-20(25)22-18-9-5-8-17(12-18)16-6-3-2-4-7-16/h2-9,12,19H,10-11,13-14H2,1H3,(H2,21,22,25)/t19-/m1/s1. The zero-order chi connectivity index (χ0) is 18.4. The number of rotatable bonds is 4. The minimum Gasteiger partial charge on any atom is -0.373 e. The summed E-state index contributed by atoms with van der Waals surface area (Å²) in [6, 6.07) is 17.4. The van der Waals surface area contributed by atoms with Crippen LogP contribution in [0.15, 0.2) is 54.6 Å². The van der Waals surface area contributed by atoms with E-state index < -0.39 is 0 Å². The summed E-state index contributed by atoms with van der Waals surface area (Å²) in [5.74, 6) is 0.0282. The van der Waals surface area contributed by atoms with E-state index in [0.717, 1.165) is 16.8 Å². The number of carbonyl (C=O) groups excluding carboxylic acids is 2. The van der Waals surface area contributed by atoms with Gasteiger partial charge < -0.3 is 20.3 Å². The molecule has 0 aliphatic carbocycles. The molecule has 6 nitrogen and oxygen atoms in total. The number of carbonyl (C=O) groups is 2. The summed E-state index contributed by atoms with van der Waals surface area (Å²) in [6.45, 7) is 3.49. The molecule has 1 aliphatic rings. The van der Waals surface area contributed by atoms with E-state index in [9.17, 15) is 9.59 Å². The number of urea groups is 1. The van der Waals surface area contributed by atoms with Crippen molar-refractivity contribution < 1.29 is 14.3 Å². The zero-order valence-electron chi connectivity index (χ0n) is 14.8. The fourth-order valence-corrected chi connectivity index (χ4v) is 2.92. The summed E-state index contributed by atoms with van der Waals surface area (Å²) in [7, 11) is 0. The quantitative estimate of drug-likeness (QED) is 0.888. The molecule has 0 aromatic heterocycles. The first-order valence-corrected chi connectivity index (χ1v) is 8.69. The van der Waals surface area contributed by atoms with Crippen molar-refractivity contribution >= 4 is 17.6 Å². The van der Waals surface area contributed by atoms with E-state index in [2.05, 4.69) is 10.6 Å². The highest BCUT2D eigenvalue weighted by Crippen LogP contribution is 2.22. The van der Waals surface area contributed by atoms with Crippen molar-refractivity contribution in [2.75, 3.05) is 31.6 Å². The molecule has 136 valence electrons. The van der Waals surface area contributed by atoms with Crippen molar-refractivity contribution in [2.24, 2.45) is 0 Å². The molecule has 1 heterocycles. The van der Waals surface area contributed by atoms with Crippen LogP contribution in [0.3, 0.4) is 0 Å². The summed E-state index contributed by atoms with van der Waals surface area (Å²) in [4.78, 5) is 25.3. The van der Waals surface area contributed by atoms with Gasteiger partial charge in [-0.15, -0.1) is 0 Å². The Morgan fingerprint density at radius 3 is 2.65 bits per heavy atom. The molecule has 2 aromatic rings. The van der Waals surface area contributed by atoms with Crippen molar-refractivity contribution in [1.82, 2.24) is 10.2 Å². The van der Waals surface area contributed by atoms with Crippen molar-refractivity contribution in [1.29, 1.82) is 0 Å². The number of ether oxygens (including phenoxy) is 1. The van der Waals surface area contributed by atoms with Gasteiger partial charge in [0.15, 0.2) is 0 Å². The first-order valence-electron chi connectivity index (χ1n) is 8.69. The summed E-state index contributed by atoms with van der Waals surface area (Å²) in [6.07, 6.45) is -0.186. The maximum absolute atomic E-state index is 12.2. The highest BCUT2D eigenvalue weighted by molar-refractivity contribution is 5.90. The summed E-state index contributed by atoms with van der Waals surface area (Å²) in [5, 5.41) is 5.65. The molecule has 3 rings (SSSR count). The van der Waals surface area contributed by atoms with Gasteiger partial charge in [-0.25, -0.2) is 4.79 Å². The number of hydrogen-bond acceptors (Lipinski definition) is 3. The molecule has 1 atom stereocenters. The van der Waals surface area contributed by atoms with Crippen LogP contribution in [0, 0.1) is 0 Å². The van der Waals surface area contributed by atoms with Crippen LogP contribution in [-0.4, -0.2) is 49.2 Å². The van der Waals surface area contributed by atoms with Crippen molar-refractivity contribution in [3.8, 4) is 11.1 Å². The third kappa shape index (κ3) is 4.83. The van der Waals surface area contributed by atoms with Crippen LogP contribution >= 0.6 is 0 Å². The maximum atomic E-state index is 12.2. The minimum absolute atomic E-state index is 0.0282. The van der Waals surface area contributed by atoms with Crippen molar-refractivity contribution in [2.45, 2.75) is 13.0 Å². The van der Waals surface area contributed by atoms with Gasteiger partial charge in [0.25, 0.3) is 0 Å². The summed E-state index contributed by atoms with van der Waals surface area (Å²) in [5.41, 5.74) is 2.85. The van der Waals surface area contributed by atoms with Gasteiger partial charge in [-0.1, -0.05) is 42.5 Å². The molecule has 2 aromatic carbocycles. The maximum Gasteiger partial charge on any atom is 0.319 e. The van der Waals surface area contributed by atoms with E-state index in [1.165, 1.54) is 0 Å². The van der Waals surface area contributed by atoms with Crippen LogP contribution in [-0.2, 0) is 9.53 Å². The van der Waals surface area contributed by atoms with Crippen LogP contribution in [0.1, 0.15) is 6.92 Å². The number of nitrogens with zero attached hydrogens (tertiary/aromatic N) is 1. The van der Waals surface area contributed by atoms with Crippen LogP contribution < -0.4 is 10.6 Å². The second-order valence-corrected chi connectivity index (χ2v) is 6.24. The molecule has 2 N–H and O–H groups in total. The first-order chi connectivity index (χ1) is 12.6. The monoisotopic (exact) mass is 353 g/mol. The number of hydrogen-bond donors (Lipinski definition) is 2. The number of anilines is 1. The molecular formula is C20H23N3O3. The third-order valence-electron chi connectivity index (χ3n) is 4.30. The lowest BCUT2D eigenvalue weighted by atomic mass is 10.1. The van der Waals surface area contributed by atoms with Gasteiger partial charge in [0.1, 0.15) is 0 Å². The van der Waals surface area contributed by atoms with Crippen LogP contribution in [0.25, 0.3) is 11.1 Å². The second-order valence-electron chi connectivity index (χ2n) is 6.24. The van der Waals surface area contributed by atoms with Crippen LogP contribution in [0.4, 0.5) is 10.5 Å². The summed E-state index contributed by atoms with van der Waals surface area (Å²) < 4.78 is 5.60. The molecule has 0 radical (unpaired) electrons. The molecule has 6 heteroatoms. The number of benzene rings is 2. The largest absolute Gasteiger partial charge is 0.373 e. The Labute approximate surface area is 153 Å². The van der Waals surface area contributed by atoms with Gasteiger partial charge in [0.05, 0.1) is 12.7 Å². The average Bonchev–Trinajstić information content (AvgIpc) is 2.67. The predicted octanol–water partition coefficient (Wildman–Crippen LogP) is 2.72. The SMILES string of the molecule is CC(=O)N1CCO[C@H](CNC(=O)Nc2cccc(-c3ccccc3)c2)C1. The average molecular weight is 353 g/mol. The van der Waals surface area contributed by atoms with E-state index in [4.69, 9.17) is 4.74 Å². The lowest BCUT2D eigenvalue weighted by Gasteiger charge is -2.32. The van der Waals surface area contributed by atoms with E-state index in [-0.39, 0.29) is 18.0 Å². The Kier molecular flexibility index (Phi) is 5.86.